The highest BCUT2D eigenvalue weighted by Crippen LogP contribution is 2.24. The molecule has 0 unspecified atom stereocenters. The van der Waals surface area contributed by atoms with Gasteiger partial charge < -0.3 is 5.32 Å². The maximum absolute atomic E-state index is 13.0. The number of nitrogens with zero attached hydrogens (tertiary/aromatic N) is 2. The van der Waals surface area contributed by atoms with E-state index in [1.807, 2.05) is 0 Å². The van der Waals surface area contributed by atoms with Crippen LogP contribution in [0.15, 0.2) is 30.6 Å². The zero-order valence-electron chi connectivity index (χ0n) is 9.45. The van der Waals surface area contributed by atoms with Crippen LogP contribution < -0.4 is 5.32 Å². The van der Waals surface area contributed by atoms with Crippen molar-refractivity contribution in [3.63, 3.8) is 0 Å². The Labute approximate surface area is 104 Å². The highest BCUT2D eigenvalue weighted by Gasteiger charge is 2.08. The maximum Gasteiger partial charge on any atom is 0.207 e. The van der Waals surface area contributed by atoms with Crippen molar-refractivity contribution in [2.75, 3.05) is 11.9 Å². The predicted molar refractivity (Wildman–Crippen MR) is 67.3 cm³/mol. The quantitative estimate of drug-likeness (QED) is 0.904. The molecule has 2 aromatic rings. The molecule has 0 fully saturated rings. The lowest BCUT2D eigenvalue weighted by Gasteiger charge is -2.10. The molecule has 3 nitrogen and oxygen atoms in total. The van der Waals surface area contributed by atoms with Gasteiger partial charge in [-0.1, -0.05) is 18.5 Å². The molecule has 5 heteroatoms. The van der Waals surface area contributed by atoms with Gasteiger partial charge in [0.05, 0.1) is 10.7 Å². The minimum Gasteiger partial charge on any atom is -0.355 e. The molecule has 0 bridgehead atoms. The van der Waals surface area contributed by atoms with E-state index in [0.717, 1.165) is 13.0 Å². The Morgan fingerprint density at radius 1 is 1.47 bits per heavy atom. The number of rotatable bonds is 4. The Morgan fingerprint density at radius 3 is 3.00 bits per heavy atom. The molecule has 1 N–H and O–H groups in total. The average molecular weight is 254 g/mol. The van der Waals surface area contributed by atoms with Crippen LogP contribution >= 0.6 is 11.6 Å². The van der Waals surface area contributed by atoms with Gasteiger partial charge in [0.2, 0.25) is 5.95 Å². The fraction of sp³-hybridized carbons (Fsp3) is 0.250. The van der Waals surface area contributed by atoms with Crippen LogP contribution in [0.25, 0.3) is 5.69 Å². The van der Waals surface area contributed by atoms with E-state index >= 15 is 0 Å². The summed E-state index contributed by atoms with van der Waals surface area (Å²) in [7, 11) is 0. The van der Waals surface area contributed by atoms with Crippen molar-refractivity contribution in [2.45, 2.75) is 13.3 Å². The maximum atomic E-state index is 13.0. The van der Waals surface area contributed by atoms with E-state index in [1.165, 1.54) is 12.1 Å². The number of nitrogens with one attached hydrogen (secondary N) is 1. The van der Waals surface area contributed by atoms with Gasteiger partial charge in [0, 0.05) is 18.9 Å². The number of anilines is 1. The van der Waals surface area contributed by atoms with Gasteiger partial charge in [-0.3, -0.25) is 4.57 Å². The molecule has 2 rings (SSSR count). The highest BCUT2D eigenvalue weighted by atomic mass is 35.5. The monoisotopic (exact) mass is 253 g/mol. The van der Waals surface area contributed by atoms with E-state index in [4.69, 9.17) is 11.6 Å². The Hall–Kier alpha value is -1.55. The fourth-order valence-corrected chi connectivity index (χ4v) is 1.80. The van der Waals surface area contributed by atoms with E-state index in [2.05, 4.69) is 17.2 Å². The van der Waals surface area contributed by atoms with Crippen molar-refractivity contribution in [2.24, 2.45) is 0 Å². The van der Waals surface area contributed by atoms with Crippen molar-refractivity contribution in [1.82, 2.24) is 9.55 Å². The Kier molecular flexibility index (Phi) is 3.64. The Morgan fingerprint density at radius 2 is 2.29 bits per heavy atom. The van der Waals surface area contributed by atoms with Gasteiger partial charge in [-0.05, 0) is 24.6 Å². The number of hydrogen-bond acceptors (Lipinski definition) is 2. The summed E-state index contributed by atoms with van der Waals surface area (Å²) in [5, 5.41) is 3.55. The zero-order valence-corrected chi connectivity index (χ0v) is 10.2. The summed E-state index contributed by atoms with van der Waals surface area (Å²) in [6, 6.07) is 4.31. The van der Waals surface area contributed by atoms with E-state index in [1.54, 1.807) is 23.0 Å². The fourth-order valence-electron chi connectivity index (χ4n) is 1.54. The number of imidazole rings is 1. The molecule has 0 atom stereocenters. The third kappa shape index (κ3) is 2.58. The summed E-state index contributed by atoms with van der Waals surface area (Å²) >= 11 is 6.01. The molecule has 17 heavy (non-hydrogen) atoms. The highest BCUT2D eigenvalue weighted by molar-refractivity contribution is 6.32. The van der Waals surface area contributed by atoms with Crippen LogP contribution in [-0.4, -0.2) is 16.1 Å². The third-order valence-electron chi connectivity index (χ3n) is 2.34. The Balaban J connectivity index is 2.35. The van der Waals surface area contributed by atoms with Crippen LogP contribution in [0.1, 0.15) is 13.3 Å². The molecule has 1 heterocycles. The molecular weight excluding hydrogens is 241 g/mol. The molecule has 0 amide bonds. The first-order valence-electron chi connectivity index (χ1n) is 5.45. The van der Waals surface area contributed by atoms with E-state index in [0.29, 0.717) is 16.7 Å². The molecular formula is C12H13ClFN3. The predicted octanol–water partition coefficient (Wildman–Crippen LogP) is 3.49. The lowest BCUT2D eigenvalue weighted by atomic mass is 10.3. The van der Waals surface area contributed by atoms with Gasteiger partial charge in [-0.2, -0.15) is 0 Å². The third-order valence-corrected chi connectivity index (χ3v) is 2.65. The largest absolute Gasteiger partial charge is 0.355 e. The van der Waals surface area contributed by atoms with Crippen molar-refractivity contribution in [1.29, 1.82) is 0 Å². The number of hydrogen-bond donors (Lipinski definition) is 1. The van der Waals surface area contributed by atoms with Crippen LogP contribution in [0, 0.1) is 5.82 Å². The topological polar surface area (TPSA) is 29.9 Å². The summed E-state index contributed by atoms with van der Waals surface area (Å²) in [5.74, 6) is 0.363. The van der Waals surface area contributed by atoms with Crippen LogP contribution in [-0.2, 0) is 0 Å². The standard InChI is InChI=1S/C12H13ClFN3/c1-2-5-15-12-16-6-7-17(12)11-4-3-9(14)8-10(11)13/h3-4,6-8H,2,5H2,1H3,(H,15,16). The second kappa shape index (κ2) is 5.19. The van der Waals surface area contributed by atoms with Crippen LogP contribution in [0.3, 0.4) is 0 Å². The molecule has 0 radical (unpaired) electrons. The molecule has 90 valence electrons. The minimum atomic E-state index is -0.345. The lowest BCUT2D eigenvalue weighted by Crippen LogP contribution is -2.07. The molecule has 0 aliphatic heterocycles. The minimum absolute atomic E-state index is 0.345. The van der Waals surface area contributed by atoms with Crippen LogP contribution in [0.5, 0.6) is 0 Å². The van der Waals surface area contributed by atoms with Crippen LogP contribution in [0.2, 0.25) is 5.02 Å². The van der Waals surface area contributed by atoms with Gasteiger partial charge in [0.15, 0.2) is 0 Å². The van der Waals surface area contributed by atoms with E-state index in [-0.39, 0.29) is 5.82 Å². The normalized spacial score (nSPS) is 10.5. The molecule has 0 saturated carbocycles. The summed E-state index contributed by atoms with van der Waals surface area (Å²) < 4.78 is 14.8. The van der Waals surface area contributed by atoms with Gasteiger partial charge in [-0.15, -0.1) is 0 Å². The number of aromatic nitrogens is 2. The lowest BCUT2D eigenvalue weighted by molar-refractivity contribution is 0.627. The second-order valence-corrected chi connectivity index (χ2v) is 4.05. The second-order valence-electron chi connectivity index (χ2n) is 3.64. The summed E-state index contributed by atoms with van der Waals surface area (Å²) in [4.78, 5) is 4.19. The smallest absolute Gasteiger partial charge is 0.207 e. The van der Waals surface area contributed by atoms with Crippen molar-refractivity contribution in [3.05, 3.63) is 41.4 Å². The molecule has 0 aliphatic carbocycles. The average Bonchev–Trinajstić information content (AvgIpc) is 2.74. The summed E-state index contributed by atoms with van der Waals surface area (Å²) in [6.07, 6.45) is 4.47. The van der Waals surface area contributed by atoms with Crippen molar-refractivity contribution in [3.8, 4) is 5.69 Å². The molecule has 1 aromatic carbocycles. The Bertz CT molecular complexity index is 510. The molecule has 0 saturated heterocycles. The summed E-state index contributed by atoms with van der Waals surface area (Å²) in [5.41, 5.74) is 0.712. The first kappa shape index (κ1) is 11.9. The number of benzene rings is 1. The van der Waals surface area contributed by atoms with E-state index in [9.17, 15) is 4.39 Å². The number of halogens is 2. The van der Waals surface area contributed by atoms with E-state index < -0.39 is 0 Å². The molecule has 0 aliphatic rings. The van der Waals surface area contributed by atoms with Crippen LogP contribution in [0.4, 0.5) is 10.3 Å². The molecule has 0 spiro atoms. The first-order valence-corrected chi connectivity index (χ1v) is 5.83. The van der Waals surface area contributed by atoms with Gasteiger partial charge in [0.25, 0.3) is 0 Å². The van der Waals surface area contributed by atoms with Gasteiger partial charge >= 0.3 is 0 Å². The van der Waals surface area contributed by atoms with Crippen molar-refractivity contribution >= 4 is 17.5 Å². The summed E-state index contributed by atoms with van der Waals surface area (Å²) in [6.45, 7) is 2.90. The molecule has 1 aromatic heterocycles. The van der Waals surface area contributed by atoms with Crippen molar-refractivity contribution < 1.29 is 4.39 Å². The first-order chi connectivity index (χ1) is 8.22. The zero-order chi connectivity index (χ0) is 12.3. The van der Waals surface area contributed by atoms with Gasteiger partial charge in [-0.25, -0.2) is 9.37 Å². The SMILES string of the molecule is CCCNc1nccn1-c1ccc(F)cc1Cl. The van der Waals surface area contributed by atoms with Gasteiger partial charge in [0.1, 0.15) is 5.82 Å².